The lowest BCUT2D eigenvalue weighted by atomic mass is 10.1. The standard InChI is InChI=1S/C21H15FN2O2/c22-16-7-5-14(6-8-16)20(25)23-17-9-11-18(12-10-17)24-13-15-3-1-2-4-19(15)21(24)26/h1-12H,13H2,(H,23,25). The zero-order chi connectivity index (χ0) is 18.1. The van der Waals surface area contributed by atoms with Crippen molar-refractivity contribution < 1.29 is 14.0 Å². The molecule has 0 spiro atoms. The Morgan fingerprint density at radius 3 is 2.31 bits per heavy atom. The maximum atomic E-state index is 12.9. The first-order valence-corrected chi connectivity index (χ1v) is 8.18. The molecule has 4 rings (SSSR count). The van der Waals surface area contributed by atoms with E-state index in [4.69, 9.17) is 0 Å². The minimum absolute atomic E-state index is 0.0244. The largest absolute Gasteiger partial charge is 0.322 e. The maximum absolute atomic E-state index is 12.9. The highest BCUT2D eigenvalue weighted by Crippen LogP contribution is 2.28. The van der Waals surface area contributed by atoms with Crippen molar-refractivity contribution in [3.05, 3.63) is 95.3 Å². The van der Waals surface area contributed by atoms with Gasteiger partial charge in [-0.25, -0.2) is 4.39 Å². The van der Waals surface area contributed by atoms with Gasteiger partial charge in [0.15, 0.2) is 0 Å². The molecule has 128 valence electrons. The maximum Gasteiger partial charge on any atom is 0.258 e. The third-order valence-corrected chi connectivity index (χ3v) is 4.36. The summed E-state index contributed by atoms with van der Waals surface area (Å²) in [6.07, 6.45) is 0. The second-order valence-electron chi connectivity index (χ2n) is 6.06. The Morgan fingerprint density at radius 1 is 0.923 bits per heavy atom. The van der Waals surface area contributed by atoms with E-state index in [1.54, 1.807) is 29.2 Å². The van der Waals surface area contributed by atoms with Crippen molar-refractivity contribution in [2.75, 3.05) is 10.2 Å². The number of amides is 2. The first kappa shape index (κ1) is 16.0. The smallest absolute Gasteiger partial charge is 0.258 e. The number of anilines is 2. The number of carbonyl (C=O) groups is 2. The van der Waals surface area contributed by atoms with Crippen LogP contribution in [-0.4, -0.2) is 11.8 Å². The van der Waals surface area contributed by atoms with Gasteiger partial charge in [-0.2, -0.15) is 0 Å². The first-order chi connectivity index (χ1) is 12.6. The van der Waals surface area contributed by atoms with Gasteiger partial charge in [0.05, 0.1) is 6.54 Å². The Labute approximate surface area is 149 Å². The number of fused-ring (bicyclic) bond motifs is 1. The van der Waals surface area contributed by atoms with Crippen molar-refractivity contribution >= 4 is 23.2 Å². The van der Waals surface area contributed by atoms with Crippen LogP contribution in [0.15, 0.2) is 72.8 Å². The average molecular weight is 346 g/mol. The van der Waals surface area contributed by atoms with Crippen molar-refractivity contribution in [3.8, 4) is 0 Å². The van der Waals surface area contributed by atoms with Crippen molar-refractivity contribution in [2.45, 2.75) is 6.54 Å². The summed E-state index contributed by atoms with van der Waals surface area (Å²) in [5.74, 6) is -0.728. The van der Waals surface area contributed by atoms with E-state index in [1.807, 2.05) is 24.3 Å². The lowest BCUT2D eigenvalue weighted by molar-refractivity contribution is 0.0994. The van der Waals surface area contributed by atoms with Gasteiger partial charge in [-0.15, -0.1) is 0 Å². The molecule has 0 aliphatic carbocycles. The summed E-state index contributed by atoms with van der Waals surface area (Å²) in [7, 11) is 0. The van der Waals surface area contributed by atoms with Crippen LogP contribution in [0, 0.1) is 5.82 Å². The van der Waals surface area contributed by atoms with Crippen LogP contribution >= 0.6 is 0 Å². The molecule has 0 aromatic heterocycles. The number of nitrogens with zero attached hydrogens (tertiary/aromatic N) is 1. The summed E-state index contributed by atoms with van der Waals surface area (Å²) < 4.78 is 12.9. The molecule has 0 saturated heterocycles. The summed E-state index contributed by atoms with van der Waals surface area (Å²) in [6.45, 7) is 0.538. The zero-order valence-corrected chi connectivity index (χ0v) is 13.8. The fourth-order valence-corrected chi connectivity index (χ4v) is 2.99. The highest BCUT2D eigenvalue weighted by atomic mass is 19.1. The van der Waals surface area contributed by atoms with Gasteiger partial charge in [-0.3, -0.25) is 9.59 Å². The number of rotatable bonds is 3. The van der Waals surface area contributed by atoms with Crippen LogP contribution in [0.3, 0.4) is 0 Å². The van der Waals surface area contributed by atoms with Crippen molar-refractivity contribution in [3.63, 3.8) is 0 Å². The van der Waals surface area contributed by atoms with E-state index in [0.29, 0.717) is 17.8 Å². The molecule has 0 fully saturated rings. The molecule has 3 aromatic carbocycles. The van der Waals surface area contributed by atoms with Crippen LogP contribution in [0.25, 0.3) is 0 Å². The van der Waals surface area contributed by atoms with E-state index in [0.717, 1.165) is 16.8 Å². The molecule has 0 radical (unpaired) electrons. The second-order valence-corrected chi connectivity index (χ2v) is 6.06. The number of hydrogen-bond donors (Lipinski definition) is 1. The summed E-state index contributed by atoms with van der Waals surface area (Å²) in [5.41, 5.74) is 3.48. The minimum Gasteiger partial charge on any atom is -0.322 e. The summed E-state index contributed by atoms with van der Waals surface area (Å²) in [6, 6.07) is 20.0. The molecule has 2 amide bonds. The summed E-state index contributed by atoms with van der Waals surface area (Å²) in [5, 5.41) is 2.76. The molecular weight excluding hydrogens is 331 g/mol. The van der Waals surface area contributed by atoms with Crippen molar-refractivity contribution in [1.29, 1.82) is 0 Å². The Kier molecular flexibility index (Phi) is 3.97. The second kappa shape index (κ2) is 6.44. The van der Waals surface area contributed by atoms with Crippen molar-refractivity contribution in [2.24, 2.45) is 0 Å². The molecule has 0 saturated carbocycles. The number of nitrogens with one attached hydrogen (secondary N) is 1. The summed E-state index contributed by atoms with van der Waals surface area (Å²) >= 11 is 0. The first-order valence-electron chi connectivity index (χ1n) is 8.18. The van der Waals surface area contributed by atoms with E-state index < -0.39 is 0 Å². The van der Waals surface area contributed by atoms with Gasteiger partial charge in [0, 0.05) is 22.5 Å². The molecular formula is C21H15FN2O2. The molecule has 1 aliphatic rings. The lowest BCUT2D eigenvalue weighted by Gasteiger charge is -2.16. The van der Waals surface area contributed by atoms with Gasteiger partial charge in [-0.1, -0.05) is 18.2 Å². The molecule has 0 bridgehead atoms. The number of benzene rings is 3. The number of hydrogen-bond acceptors (Lipinski definition) is 2. The van der Waals surface area contributed by atoms with Crippen LogP contribution in [0.1, 0.15) is 26.3 Å². The molecule has 5 heteroatoms. The Balaban J connectivity index is 1.48. The van der Waals surface area contributed by atoms with E-state index in [9.17, 15) is 14.0 Å². The number of carbonyl (C=O) groups excluding carboxylic acids is 2. The topological polar surface area (TPSA) is 49.4 Å². The monoisotopic (exact) mass is 346 g/mol. The molecule has 0 unspecified atom stereocenters. The molecule has 4 nitrogen and oxygen atoms in total. The Bertz CT molecular complexity index is 982. The number of halogens is 1. The zero-order valence-electron chi connectivity index (χ0n) is 13.8. The molecule has 0 atom stereocenters. The quantitative estimate of drug-likeness (QED) is 0.771. The molecule has 1 N–H and O–H groups in total. The van der Waals surface area contributed by atoms with Gasteiger partial charge < -0.3 is 10.2 Å². The average Bonchev–Trinajstić information content (AvgIpc) is 3.00. The van der Waals surface area contributed by atoms with Gasteiger partial charge in [0.2, 0.25) is 0 Å². The molecule has 3 aromatic rings. The van der Waals surface area contributed by atoms with E-state index >= 15 is 0 Å². The van der Waals surface area contributed by atoms with Gasteiger partial charge in [0.1, 0.15) is 5.82 Å². The highest BCUT2D eigenvalue weighted by molar-refractivity contribution is 6.10. The minimum atomic E-state index is -0.387. The van der Waals surface area contributed by atoms with Gasteiger partial charge in [-0.05, 0) is 60.2 Å². The predicted molar refractivity (Wildman–Crippen MR) is 97.8 cm³/mol. The third-order valence-electron chi connectivity index (χ3n) is 4.36. The van der Waals surface area contributed by atoms with Gasteiger partial charge >= 0.3 is 0 Å². The SMILES string of the molecule is O=C(Nc1ccc(N2Cc3ccccc3C2=O)cc1)c1ccc(F)cc1. The lowest BCUT2D eigenvalue weighted by Crippen LogP contribution is -2.22. The molecule has 26 heavy (non-hydrogen) atoms. The van der Waals surface area contributed by atoms with Crippen LogP contribution in [-0.2, 0) is 6.54 Å². The Hall–Kier alpha value is -3.47. The van der Waals surface area contributed by atoms with Crippen molar-refractivity contribution in [1.82, 2.24) is 0 Å². The normalized spacial score (nSPS) is 12.8. The third kappa shape index (κ3) is 2.95. The molecule has 1 aliphatic heterocycles. The summed E-state index contributed by atoms with van der Waals surface area (Å²) in [4.78, 5) is 26.4. The van der Waals surface area contributed by atoms with Gasteiger partial charge in [0.25, 0.3) is 11.8 Å². The fourth-order valence-electron chi connectivity index (χ4n) is 2.99. The van der Waals surface area contributed by atoms with Crippen LogP contribution in [0.2, 0.25) is 0 Å². The fraction of sp³-hybridized carbons (Fsp3) is 0.0476. The highest BCUT2D eigenvalue weighted by Gasteiger charge is 2.27. The van der Waals surface area contributed by atoms with E-state index in [2.05, 4.69) is 5.32 Å². The predicted octanol–water partition coefficient (Wildman–Crippen LogP) is 4.24. The van der Waals surface area contributed by atoms with E-state index in [1.165, 1.54) is 24.3 Å². The molecule has 1 heterocycles. The Morgan fingerprint density at radius 2 is 1.62 bits per heavy atom. The van der Waals surface area contributed by atoms with Crippen LogP contribution in [0.4, 0.5) is 15.8 Å². The van der Waals surface area contributed by atoms with Crippen LogP contribution < -0.4 is 10.2 Å². The van der Waals surface area contributed by atoms with E-state index in [-0.39, 0.29) is 17.6 Å². The van der Waals surface area contributed by atoms with Crippen LogP contribution in [0.5, 0.6) is 0 Å².